The molecule has 0 bridgehead atoms. The fraction of sp³-hybridized carbons (Fsp3) is 0.360. The van der Waals surface area contributed by atoms with E-state index >= 15 is 0 Å². The van der Waals surface area contributed by atoms with Gasteiger partial charge in [0.1, 0.15) is 11.4 Å². The molecule has 1 amide bonds. The van der Waals surface area contributed by atoms with E-state index in [4.69, 9.17) is 19.2 Å². The van der Waals surface area contributed by atoms with Crippen LogP contribution in [0, 0.1) is 5.92 Å². The molecule has 1 aromatic heterocycles. The van der Waals surface area contributed by atoms with Gasteiger partial charge < -0.3 is 24.4 Å². The van der Waals surface area contributed by atoms with E-state index in [9.17, 15) is 4.79 Å². The normalized spacial score (nSPS) is 16.0. The van der Waals surface area contributed by atoms with Crippen LogP contribution < -0.4 is 19.5 Å². The van der Waals surface area contributed by atoms with E-state index in [2.05, 4.69) is 12.2 Å². The third-order valence-electron chi connectivity index (χ3n) is 5.85. The van der Waals surface area contributed by atoms with Crippen LogP contribution >= 0.6 is 0 Å². The van der Waals surface area contributed by atoms with E-state index in [0.29, 0.717) is 28.6 Å². The first-order chi connectivity index (χ1) is 15.5. The fourth-order valence-electron chi connectivity index (χ4n) is 4.13. The average molecular weight is 436 g/mol. The summed E-state index contributed by atoms with van der Waals surface area (Å²) in [5.41, 5.74) is 2.72. The number of hydrogen-bond donors (Lipinski definition) is 1. The topological polar surface area (TPSA) is 72.9 Å². The summed E-state index contributed by atoms with van der Waals surface area (Å²) in [5, 5.41) is 4.27. The molecule has 0 aliphatic carbocycles. The first-order valence-corrected chi connectivity index (χ1v) is 10.8. The highest BCUT2D eigenvalue weighted by Crippen LogP contribution is 2.36. The zero-order valence-electron chi connectivity index (χ0n) is 19.0. The number of hydrogen-bond acceptors (Lipinski definition) is 6. The number of aromatic nitrogens is 1. The van der Waals surface area contributed by atoms with Gasteiger partial charge >= 0.3 is 0 Å². The number of fused-ring (bicyclic) bond motifs is 1. The first kappa shape index (κ1) is 21.7. The summed E-state index contributed by atoms with van der Waals surface area (Å²) in [6, 6.07) is 13.1. The van der Waals surface area contributed by atoms with Crippen molar-refractivity contribution in [2.45, 2.75) is 19.8 Å². The van der Waals surface area contributed by atoms with E-state index in [0.717, 1.165) is 48.4 Å². The summed E-state index contributed by atoms with van der Waals surface area (Å²) in [4.78, 5) is 19.9. The molecule has 1 atom stereocenters. The van der Waals surface area contributed by atoms with Crippen LogP contribution in [0.5, 0.6) is 17.2 Å². The number of pyridine rings is 1. The lowest BCUT2D eigenvalue weighted by molar-refractivity contribution is 0.0677. The van der Waals surface area contributed by atoms with Crippen molar-refractivity contribution < 1.29 is 19.0 Å². The number of ether oxygens (including phenoxy) is 3. The van der Waals surface area contributed by atoms with E-state index in [1.807, 2.05) is 47.4 Å². The molecule has 7 heteroatoms. The van der Waals surface area contributed by atoms with Crippen LogP contribution in [0.1, 0.15) is 30.3 Å². The lowest BCUT2D eigenvalue weighted by atomic mass is 10.00. The number of nitrogens with zero attached hydrogens (tertiary/aromatic N) is 2. The third-order valence-corrected chi connectivity index (χ3v) is 5.85. The van der Waals surface area contributed by atoms with E-state index < -0.39 is 0 Å². The number of nitrogens with one attached hydrogen (secondary N) is 1. The second kappa shape index (κ2) is 9.34. The van der Waals surface area contributed by atoms with Crippen molar-refractivity contribution >= 4 is 28.2 Å². The molecule has 1 aliphatic rings. The lowest BCUT2D eigenvalue weighted by Gasteiger charge is -2.30. The molecule has 3 aromatic rings. The molecule has 7 nitrogen and oxygen atoms in total. The predicted molar refractivity (Wildman–Crippen MR) is 125 cm³/mol. The Morgan fingerprint density at radius 3 is 2.41 bits per heavy atom. The summed E-state index contributed by atoms with van der Waals surface area (Å²) in [6.07, 6.45) is 2.17. The predicted octanol–water partition coefficient (Wildman–Crippen LogP) is 4.88. The van der Waals surface area contributed by atoms with Crippen molar-refractivity contribution in [2.75, 3.05) is 39.7 Å². The largest absolute Gasteiger partial charge is 0.497 e. The van der Waals surface area contributed by atoms with Gasteiger partial charge in [-0.2, -0.15) is 0 Å². The second-order valence-electron chi connectivity index (χ2n) is 8.13. The summed E-state index contributed by atoms with van der Waals surface area (Å²) in [7, 11) is 4.82. The molecule has 1 N–H and O–H groups in total. The van der Waals surface area contributed by atoms with Crippen molar-refractivity contribution in [1.82, 2.24) is 9.88 Å². The molecule has 1 saturated heterocycles. The van der Waals surface area contributed by atoms with Gasteiger partial charge in [-0.3, -0.25) is 4.79 Å². The van der Waals surface area contributed by atoms with Gasteiger partial charge in [-0.1, -0.05) is 6.92 Å². The highest BCUT2D eigenvalue weighted by atomic mass is 16.5. The second-order valence-corrected chi connectivity index (χ2v) is 8.13. The molecule has 1 unspecified atom stereocenters. The third kappa shape index (κ3) is 4.42. The van der Waals surface area contributed by atoms with Crippen molar-refractivity contribution in [1.29, 1.82) is 0 Å². The minimum atomic E-state index is -0.0500. The number of methoxy groups -OCH3 is 3. The van der Waals surface area contributed by atoms with Gasteiger partial charge in [-0.25, -0.2) is 4.98 Å². The van der Waals surface area contributed by atoms with Crippen molar-refractivity contribution in [2.24, 2.45) is 5.92 Å². The van der Waals surface area contributed by atoms with Gasteiger partial charge in [0.2, 0.25) is 0 Å². The molecule has 0 saturated carbocycles. The zero-order valence-corrected chi connectivity index (χ0v) is 19.0. The van der Waals surface area contributed by atoms with Crippen LogP contribution in [0.15, 0.2) is 42.5 Å². The number of piperidine rings is 1. The number of benzene rings is 2. The highest BCUT2D eigenvalue weighted by Gasteiger charge is 2.24. The Kier molecular flexibility index (Phi) is 6.35. The van der Waals surface area contributed by atoms with E-state index in [1.165, 1.54) is 0 Å². The van der Waals surface area contributed by atoms with Gasteiger partial charge in [0.15, 0.2) is 11.5 Å². The number of amides is 1. The fourth-order valence-corrected chi connectivity index (χ4v) is 4.13. The Balaban J connectivity index is 1.79. The van der Waals surface area contributed by atoms with Crippen LogP contribution in [0.25, 0.3) is 10.9 Å². The van der Waals surface area contributed by atoms with Gasteiger partial charge in [0.05, 0.1) is 32.5 Å². The van der Waals surface area contributed by atoms with Gasteiger partial charge in [-0.05, 0) is 55.2 Å². The first-order valence-electron chi connectivity index (χ1n) is 10.8. The minimum Gasteiger partial charge on any atom is -0.497 e. The molecule has 32 heavy (non-hydrogen) atoms. The Bertz CT molecular complexity index is 1110. The highest BCUT2D eigenvalue weighted by molar-refractivity contribution is 6.01. The average Bonchev–Trinajstić information content (AvgIpc) is 2.83. The molecule has 2 heterocycles. The molecule has 4 rings (SSSR count). The molecule has 1 aliphatic heterocycles. The van der Waals surface area contributed by atoms with Gasteiger partial charge in [-0.15, -0.1) is 0 Å². The van der Waals surface area contributed by atoms with Gasteiger partial charge in [0, 0.05) is 30.2 Å². The maximum Gasteiger partial charge on any atom is 0.272 e. The molecule has 1 fully saturated rings. The summed E-state index contributed by atoms with van der Waals surface area (Å²) < 4.78 is 16.2. The Labute approximate surface area is 188 Å². The Morgan fingerprint density at radius 1 is 1.03 bits per heavy atom. The summed E-state index contributed by atoms with van der Waals surface area (Å²) in [5.74, 6) is 2.39. The molecule has 0 radical (unpaired) electrons. The van der Waals surface area contributed by atoms with Crippen LogP contribution in [0.2, 0.25) is 0 Å². The SMILES string of the molecule is COc1ccc(Nc2cc(C(=O)N3CCCC(C)C3)nc3cc(OC)c(OC)cc23)cc1. The van der Waals surface area contributed by atoms with Gasteiger partial charge in [0.25, 0.3) is 5.91 Å². The monoisotopic (exact) mass is 435 g/mol. The molecular weight excluding hydrogens is 406 g/mol. The summed E-state index contributed by atoms with van der Waals surface area (Å²) in [6.45, 7) is 3.70. The number of likely N-dealkylation sites (tertiary alicyclic amines) is 1. The molecule has 168 valence electrons. The van der Waals surface area contributed by atoms with Crippen molar-refractivity contribution in [3.63, 3.8) is 0 Å². The standard InChI is InChI=1S/C25H29N3O4/c1-16-6-5-11-28(15-16)25(29)22-13-20(26-17-7-9-18(30-2)10-8-17)19-12-23(31-3)24(32-4)14-21(19)27-22/h7-10,12-14,16H,5-6,11,15H2,1-4H3,(H,26,27). The number of carbonyl (C=O) groups is 1. The smallest absolute Gasteiger partial charge is 0.272 e. The Morgan fingerprint density at radius 2 is 1.75 bits per heavy atom. The van der Waals surface area contributed by atoms with E-state index in [1.54, 1.807) is 21.3 Å². The maximum atomic E-state index is 13.3. The molecule has 0 spiro atoms. The van der Waals surface area contributed by atoms with Crippen LogP contribution in [-0.2, 0) is 0 Å². The van der Waals surface area contributed by atoms with Crippen LogP contribution in [0.4, 0.5) is 11.4 Å². The minimum absolute atomic E-state index is 0.0500. The number of carbonyl (C=O) groups excluding carboxylic acids is 1. The number of anilines is 2. The molecular formula is C25H29N3O4. The zero-order chi connectivity index (χ0) is 22.7. The Hall–Kier alpha value is -3.48. The van der Waals surface area contributed by atoms with E-state index in [-0.39, 0.29) is 5.91 Å². The van der Waals surface area contributed by atoms with Crippen molar-refractivity contribution in [3.05, 3.63) is 48.2 Å². The van der Waals surface area contributed by atoms with Crippen LogP contribution in [0.3, 0.4) is 0 Å². The van der Waals surface area contributed by atoms with Crippen molar-refractivity contribution in [3.8, 4) is 17.2 Å². The summed E-state index contributed by atoms with van der Waals surface area (Å²) >= 11 is 0. The van der Waals surface area contributed by atoms with Crippen LogP contribution in [-0.4, -0.2) is 50.2 Å². The quantitative estimate of drug-likeness (QED) is 0.595. The maximum absolute atomic E-state index is 13.3. The number of rotatable bonds is 6. The molecule has 2 aromatic carbocycles. The lowest BCUT2D eigenvalue weighted by Crippen LogP contribution is -2.39.